The number of nitrogens with zero attached hydrogens (tertiary/aromatic N) is 7. The normalized spacial score (nSPS) is 15.5. The topological polar surface area (TPSA) is 123 Å². The summed E-state index contributed by atoms with van der Waals surface area (Å²) in [4.78, 5) is 49.7. The third-order valence-corrected chi connectivity index (χ3v) is 8.58. The van der Waals surface area contributed by atoms with Crippen LogP contribution in [0.1, 0.15) is 37.9 Å². The molecule has 5 heterocycles. The largest absolute Gasteiger partial charge is 0.383 e. The van der Waals surface area contributed by atoms with Crippen LogP contribution >= 0.6 is 23.4 Å². The Labute approximate surface area is 253 Å². The summed E-state index contributed by atoms with van der Waals surface area (Å²) in [6.07, 6.45) is 6.66. The van der Waals surface area contributed by atoms with E-state index in [4.69, 9.17) is 22.3 Å². The number of halogens is 1. The van der Waals surface area contributed by atoms with E-state index in [0.717, 1.165) is 16.2 Å². The quantitative estimate of drug-likeness (QED) is 0.243. The number of fused-ring (bicyclic) bond motifs is 1. The zero-order valence-electron chi connectivity index (χ0n) is 24.3. The van der Waals surface area contributed by atoms with Gasteiger partial charge in [-0.2, -0.15) is 4.98 Å². The molecule has 0 saturated carbocycles. The minimum Gasteiger partial charge on any atom is -0.383 e. The van der Waals surface area contributed by atoms with Crippen molar-refractivity contribution in [3.63, 3.8) is 0 Å². The van der Waals surface area contributed by atoms with Crippen LogP contribution in [0.2, 0.25) is 5.02 Å². The van der Waals surface area contributed by atoms with Crippen molar-refractivity contribution < 1.29 is 4.79 Å². The van der Waals surface area contributed by atoms with Crippen molar-refractivity contribution in [2.45, 2.75) is 44.6 Å². The molecule has 1 atom stereocenters. The van der Waals surface area contributed by atoms with Gasteiger partial charge >= 0.3 is 5.69 Å². The predicted molar refractivity (Wildman–Crippen MR) is 170 cm³/mol. The van der Waals surface area contributed by atoms with Gasteiger partial charge in [0.1, 0.15) is 11.6 Å². The molecule has 4 aromatic rings. The first-order chi connectivity index (χ1) is 20.1. The molecule has 1 aliphatic rings. The number of pyridine rings is 3. The smallest absolute Gasteiger partial charge is 0.355 e. The van der Waals surface area contributed by atoms with Crippen molar-refractivity contribution >= 4 is 51.9 Å². The molecule has 0 aromatic carbocycles. The van der Waals surface area contributed by atoms with Crippen molar-refractivity contribution in [1.82, 2.24) is 29.4 Å². The van der Waals surface area contributed by atoms with Gasteiger partial charge in [-0.25, -0.2) is 19.3 Å². The SMILES string of the molecule is C=CC(=O)N1CCN(c2nc(=O)n(-c3c(SC)ccnc3C(C)C)c3nc(-c4c(C)ccnc4N)c(Cl)cc23)[C@@H](C)C1. The van der Waals surface area contributed by atoms with Gasteiger partial charge in [-0.15, -0.1) is 11.8 Å². The van der Waals surface area contributed by atoms with E-state index in [0.29, 0.717) is 58.5 Å². The highest BCUT2D eigenvalue weighted by Gasteiger charge is 2.31. The molecule has 10 nitrogen and oxygen atoms in total. The molecule has 5 rings (SSSR count). The fourth-order valence-corrected chi connectivity index (χ4v) is 6.29. The van der Waals surface area contributed by atoms with Crippen LogP contribution in [0.15, 0.2) is 52.9 Å². The molecule has 1 aliphatic heterocycles. The van der Waals surface area contributed by atoms with Gasteiger partial charge in [0.15, 0.2) is 5.65 Å². The number of anilines is 2. The van der Waals surface area contributed by atoms with Crippen molar-refractivity contribution in [3.8, 4) is 16.9 Å². The van der Waals surface area contributed by atoms with Crippen LogP contribution in [-0.2, 0) is 4.79 Å². The maximum Gasteiger partial charge on any atom is 0.355 e. The number of nitrogen functional groups attached to an aromatic ring is 1. The highest BCUT2D eigenvalue weighted by molar-refractivity contribution is 7.98. The Balaban J connectivity index is 1.85. The molecule has 0 bridgehead atoms. The van der Waals surface area contributed by atoms with Crippen LogP contribution in [0.4, 0.5) is 11.6 Å². The Kier molecular flexibility index (Phi) is 8.25. The average Bonchev–Trinajstić information content (AvgIpc) is 2.96. The maximum atomic E-state index is 14.1. The zero-order valence-corrected chi connectivity index (χ0v) is 25.8. The van der Waals surface area contributed by atoms with Gasteiger partial charge in [-0.3, -0.25) is 9.78 Å². The first-order valence-corrected chi connectivity index (χ1v) is 15.2. The number of amides is 1. The number of hydrogen-bond donors (Lipinski definition) is 1. The number of nitrogens with two attached hydrogens (primary N) is 1. The van der Waals surface area contributed by atoms with E-state index in [2.05, 4.69) is 21.5 Å². The molecule has 1 fully saturated rings. The zero-order chi connectivity index (χ0) is 30.3. The molecule has 12 heteroatoms. The second-order valence-electron chi connectivity index (χ2n) is 10.6. The molecule has 218 valence electrons. The molecular weight excluding hydrogens is 572 g/mol. The Bertz CT molecular complexity index is 1750. The van der Waals surface area contributed by atoms with Gasteiger partial charge in [-0.1, -0.05) is 32.0 Å². The van der Waals surface area contributed by atoms with Gasteiger partial charge in [-0.05, 0) is 55.9 Å². The first kappa shape index (κ1) is 29.5. The van der Waals surface area contributed by atoms with Crippen LogP contribution in [0.25, 0.3) is 28.0 Å². The molecular formula is C30H33ClN8O2S. The summed E-state index contributed by atoms with van der Waals surface area (Å²) in [6.45, 7) is 13.0. The molecule has 2 N–H and O–H groups in total. The molecule has 0 aliphatic carbocycles. The highest BCUT2D eigenvalue weighted by Crippen LogP contribution is 2.38. The number of thioether (sulfide) groups is 1. The third-order valence-electron chi connectivity index (χ3n) is 7.52. The van der Waals surface area contributed by atoms with E-state index in [-0.39, 0.29) is 23.7 Å². The second-order valence-corrected chi connectivity index (χ2v) is 11.8. The van der Waals surface area contributed by atoms with E-state index >= 15 is 0 Å². The minimum atomic E-state index is -0.490. The van der Waals surface area contributed by atoms with Gasteiger partial charge in [0.05, 0.1) is 27.5 Å². The van der Waals surface area contributed by atoms with Crippen LogP contribution in [0.3, 0.4) is 0 Å². The Morgan fingerprint density at radius 1 is 1.21 bits per heavy atom. The molecule has 0 radical (unpaired) electrons. The standard InChI is InChI=1S/C30H33ClN8O2S/c1-7-22(40)37-12-13-38(18(5)15-37)28-19-14-20(31)25(23-17(4)8-10-34-27(23)32)35-29(19)39(30(41)36-28)26-21(42-6)9-11-33-24(26)16(2)3/h7-11,14,16,18H,1,12-13,15H2,2-6H3,(H2,32,34)/t18-/m0/s1. The molecule has 4 aromatic heterocycles. The molecule has 0 spiro atoms. The third kappa shape index (κ3) is 5.11. The Hall–Kier alpha value is -3.96. The molecule has 1 saturated heterocycles. The minimum absolute atomic E-state index is 0.0206. The summed E-state index contributed by atoms with van der Waals surface area (Å²) in [6, 6.07) is 5.39. The van der Waals surface area contributed by atoms with E-state index in [1.807, 2.05) is 51.0 Å². The van der Waals surface area contributed by atoms with Crippen molar-refractivity contribution in [2.24, 2.45) is 0 Å². The van der Waals surface area contributed by atoms with Gasteiger partial charge in [0, 0.05) is 48.5 Å². The summed E-state index contributed by atoms with van der Waals surface area (Å²) in [5, 5.41) is 0.955. The summed E-state index contributed by atoms with van der Waals surface area (Å²) in [5.74, 6) is 0.641. The summed E-state index contributed by atoms with van der Waals surface area (Å²) in [5.41, 5.74) is 9.48. The number of carbonyl (C=O) groups is 1. The van der Waals surface area contributed by atoms with Crippen molar-refractivity contribution in [2.75, 3.05) is 36.5 Å². The van der Waals surface area contributed by atoms with Crippen LogP contribution in [0, 0.1) is 6.92 Å². The van der Waals surface area contributed by atoms with E-state index in [1.54, 1.807) is 23.4 Å². The monoisotopic (exact) mass is 604 g/mol. The van der Waals surface area contributed by atoms with Gasteiger partial charge in [0.2, 0.25) is 5.91 Å². The van der Waals surface area contributed by atoms with Crippen molar-refractivity contribution in [3.05, 3.63) is 70.0 Å². The summed E-state index contributed by atoms with van der Waals surface area (Å²) >= 11 is 8.45. The summed E-state index contributed by atoms with van der Waals surface area (Å²) < 4.78 is 1.54. The first-order valence-electron chi connectivity index (χ1n) is 13.6. The lowest BCUT2D eigenvalue weighted by atomic mass is 10.1. The number of rotatable bonds is 6. The lowest BCUT2D eigenvalue weighted by molar-refractivity contribution is -0.126. The van der Waals surface area contributed by atoms with E-state index in [9.17, 15) is 9.59 Å². The fourth-order valence-electron chi connectivity index (χ4n) is 5.45. The lowest BCUT2D eigenvalue weighted by Gasteiger charge is -2.40. The van der Waals surface area contributed by atoms with Crippen LogP contribution < -0.4 is 16.3 Å². The number of aryl methyl sites for hydroxylation is 1. The van der Waals surface area contributed by atoms with Crippen LogP contribution in [-0.4, -0.2) is 67.2 Å². The van der Waals surface area contributed by atoms with Gasteiger partial charge in [0.25, 0.3) is 0 Å². The average molecular weight is 605 g/mol. The molecule has 42 heavy (non-hydrogen) atoms. The van der Waals surface area contributed by atoms with Gasteiger partial charge < -0.3 is 15.5 Å². The van der Waals surface area contributed by atoms with E-state index in [1.165, 1.54) is 22.4 Å². The molecule has 1 amide bonds. The van der Waals surface area contributed by atoms with Crippen molar-refractivity contribution in [1.29, 1.82) is 0 Å². The maximum absolute atomic E-state index is 14.1. The number of piperazine rings is 1. The number of hydrogen-bond acceptors (Lipinski definition) is 9. The lowest BCUT2D eigenvalue weighted by Crippen LogP contribution is -2.54. The number of aromatic nitrogens is 5. The van der Waals surface area contributed by atoms with E-state index < -0.39 is 5.69 Å². The second kappa shape index (κ2) is 11.7. The van der Waals surface area contributed by atoms with Crippen LogP contribution in [0.5, 0.6) is 0 Å². The Morgan fingerprint density at radius 3 is 2.60 bits per heavy atom. The molecule has 0 unspecified atom stereocenters. The highest BCUT2D eigenvalue weighted by atomic mass is 35.5. The summed E-state index contributed by atoms with van der Waals surface area (Å²) in [7, 11) is 0. The Morgan fingerprint density at radius 2 is 1.95 bits per heavy atom. The fraction of sp³-hybridized carbons (Fsp3) is 0.333. The number of carbonyl (C=O) groups excluding carboxylic acids is 1. The predicted octanol–water partition coefficient (Wildman–Crippen LogP) is 4.85.